The molecule has 0 saturated carbocycles. The van der Waals surface area contributed by atoms with Gasteiger partial charge in [-0.3, -0.25) is 14.5 Å². The van der Waals surface area contributed by atoms with E-state index in [1.165, 1.54) is 4.90 Å². The Morgan fingerprint density at radius 2 is 1.87 bits per heavy atom. The van der Waals surface area contributed by atoms with Crippen molar-refractivity contribution in [2.24, 2.45) is 10.7 Å². The van der Waals surface area contributed by atoms with Gasteiger partial charge in [0.1, 0.15) is 6.54 Å². The van der Waals surface area contributed by atoms with Crippen molar-refractivity contribution < 1.29 is 14.4 Å². The summed E-state index contributed by atoms with van der Waals surface area (Å²) in [7, 11) is 1.56. The van der Waals surface area contributed by atoms with Crippen molar-refractivity contribution in [3.63, 3.8) is 0 Å². The lowest BCUT2D eigenvalue weighted by Gasteiger charge is -2.40. The first-order valence-corrected chi connectivity index (χ1v) is 9.56. The monoisotopic (exact) mass is 409 g/mol. The number of carbonyl (C=O) groups excluding carboxylic acids is 3. The van der Waals surface area contributed by atoms with E-state index >= 15 is 0 Å². The van der Waals surface area contributed by atoms with Crippen molar-refractivity contribution in [3.05, 3.63) is 53.3 Å². The molecular weight excluding hydrogens is 386 g/mol. The normalized spacial score (nSPS) is 21.2. The third kappa shape index (κ3) is 3.19. The van der Waals surface area contributed by atoms with Crippen molar-refractivity contribution in [2.45, 2.75) is 32.6 Å². The van der Waals surface area contributed by atoms with Crippen LogP contribution in [-0.4, -0.2) is 74.1 Å². The van der Waals surface area contributed by atoms with Crippen LogP contribution in [0.4, 0.5) is 4.79 Å². The van der Waals surface area contributed by atoms with Gasteiger partial charge >= 0.3 is 6.03 Å². The van der Waals surface area contributed by atoms with E-state index in [0.717, 1.165) is 21.9 Å². The largest absolute Gasteiger partial charge is 0.368 e. The van der Waals surface area contributed by atoms with Gasteiger partial charge < -0.3 is 15.5 Å². The maximum Gasteiger partial charge on any atom is 0.328 e. The van der Waals surface area contributed by atoms with Crippen molar-refractivity contribution in [1.29, 1.82) is 0 Å². The lowest BCUT2D eigenvalue weighted by Crippen LogP contribution is -2.66. The molecule has 1 saturated heterocycles. The SMILES string of the molecule is Cc1cc(C)n(C2=NC3C(C(=O)N(CC(N)=O)C(=O)N3C)N2Cc2ccccc2)n1. The van der Waals surface area contributed by atoms with E-state index in [9.17, 15) is 14.4 Å². The Morgan fingerprint density at radius 3 is 2.47 bits per heavy atom. The minimum absolute atomic E-state index is 0.386. The molecule has 30 heavy (non-hydrogen) atoms. The number of carbonyl (C=O) groups is 3. The van der Waals surface area contributed by atoms with Crippen LogP contribution in [0, 0.1) is 13.8 Å². The number of urea groups is 1. The second-order valence-corrected chi connectivity index (χ2v) is 7.52. The zero-order chi connectivity index (χ0) is 21.6. The van der Waals surface area contributed by atoms with Gasteiger partial charge in [-0.2, -0.15) is 5.10 Å². The molecule has 10 nitrogen and oxygen atoms in total. The molecule has 2 aliphatic heterocycles. The van der Waals surface area contributed by atoms with Crippen LogP contribution in [0.15, 0.2) is 41.4 Å². The van der Waals surface area contributed by atoms with E-state index in [-0.39, 0.29) is 0 Å². The number of fused-ring (bicyclic) bond motifs is 1. The lowest BCUT2D eigenvalue weighted by atomic mass is 10.1. The van der Waals surface area contributed by atoms with Gasteiger partial charge in [-0.05, 0) is 25.5 Å². The number of aliphatic imine (C=N–C) groups is 1. The quantitative estimate of drug-likeness (QED) is 0.779. The molecule has 0 radical (unpaired) electrons. The van der Waals surface area contributed by atoms with Gasteiger partial charge in [-0.15, -0.1) is 0 Å². The third-order valence-electron chi connectivity index (χ3n) is 5.28. The van der Waals surface area contributed by atoms with Crippen molar-refractivity contribution >= 4 is 23.8 Å². The topological polar surface area (TPSA) is 117 Å². The number of rotatable bonds is 4. The Labute approximate surface area is 173 Å². The van der Waals surface area contributed by atoms with Gasteiger partial charge in [0, 0.05) is 19.3 Å². The number of nitrogens with two attached hydrogens (primary N) is 1. The van der Waals surface area contributed by atoms with Gasteiger partial charge in [0.15, 0.2) is 12.2 Å². The molecule has 2 N–H and O–H groups in total. The molecule has 1 aromatic carbocycles. The number of imide groups is 1. The van der Waals surface area contributed by atoms with Crippen LogP contribution >= 0.6 is 0 Å². The Balaban J connectivity index is 1.79. The highest BCUT2D eigenvalue weighted by Gasteiger charge is 2.53. The molecule has 2 aromatic rings. The highest BCUT2D eigenvalue weighted by Crippen LogP contribution is 2.30. The first kappa shape index (κ1) is 19.6. The predicted octanol–water partition coefficient (Wildman–Crippen LogP) is 0.294. The molecule has 4 rings (SSSR count). The van der Waals surface area contributed by atoms with Crippen molar-refractivity contribution in [3.8, 4) is 0 Å². The average molecular weight is 409 g/mol. The maximum absolute atomic E-state index is 13.3. The van der Waals surface area contributed by atoms with E-state index in [0.29, 0.717) is 12.5 Å². The van der Waals surface area contributed by atoms with Crippen LogP contribution in [0.5, 0.6) is 0 Å². The standard InChI is InChI=1S/C20H23N7O3/c1-12-9-13(2)27(23-12)19-22-17-16(25(19)10-14-7-5-4-6-8-14)18(29)26(11-15(21)28)20(30)24(17)3/h4-9,16-17H,10-11H2,1-3H3,(H2,21,28). The zero-order valence-electron chi connectivity index (χ0n) is 17.0. The number of aryl methyl sites for hydroxylation is 2. The van der Waals surface area contributed by atoms with Crippen molar-refractivity contribution in [2.75, 3.05) is 13.6 Å². The van der Waals surface area contributed by atoms with Crippen LogP contribution in [0.25, 0.3) is 0 Å². The van der Waals surface area contributed by atoms with E-state index in [1.807, 2.05) is 55.1 Å². The first-order chi connectivity index (χ1) is 14.3. The Hall–Kier alpha value is -3.69. The van der Waals surface area contributed by atoms with Gasteiger partial charge in [0.2, 0.25) is 11.9 Å². The number of hydrogen-bond acceptors (Lipinski definition) is 6. The number of aromatic nitrogens is 2. The fourth-order valence-electron chi connectivity index (χ4n) is 3.92. The molecule has 0 spiro atoms. The van der Waals surface area contributed by atoms with Crippen LogP contribution in [0.2, 0.25) is 0 Å². The highest BCUT2D eigenvalue weighted by atomic mass is 16.2. The minimum Gasteiger partial charge on any atom is -0.368 e. The molecule has 2 atom stereocenters. The summed E-state index contributed by atoms with van der Waals surface area (Å²) in [6.07, 6.45) is -0.725. The second-order valence-electron chi connectivity index (χ2n) is 7.52. The number of hydrogen-bond donors (Lipinski definition) is 1. The smallest absolute Gasteiger partial charge is 0.328 e. The van der Waals surface area contributed by atoms with Gasteiger partial charge in [0.05, 0.1) is 5.69 Å². The number of likely N-dealkylation sites (N-methyl/N-ethyl adjacent to an activating group) is 1. The summed E-state index contributed by atoms with van der Waals surface area (Å²) in [5.74, 6) is -0.776. The second kappa shape index (κ2) is 7.29. The Bertz CT molecular complexity index is 1050. The van der Waals surface area contributed by atoms with E-state index in [2.05, 4.69) is 5.10 Å². The summed E-state index contributed by atoms with van der Waals surface area (Å²) in [4.78, 5) is 46.3. The van der Waals surface area contributed by atoms with E-state index in [4.69, 9.17) is 10.7 Å². The summed E-state index contributed by atoms with van der Waals surface area (Å²) in [5.41, 5.74) is 7.92. The number of amides is 4. The number of benzene rings is 1. The fourth-order valence-corrected chi connectivity index (χ4v) is 3.92. The summed E-state index contributed by atoms with van der Waals surface area (Å²) in [5, 5.41) is 4.52. The first-order valence-electron chi connectivity index (χ1n) is 9.56. The van der Waals surface area contributed by atoms with Gasteiger partial charge in [0.25, 0.3) is 5.91 Å². The molecule has 0 bridgehead atoms. The molecule has 3 heterocycles. The molecule has 4 amide bonds. The third-order valence-corrected chi connectivity index (χ3v) is 5.28. The van der Waals surface area contributed by atoms with Crippen molar-refractivity contribution in [1.82, 2.24) is 24.5 Å². The number of primary amides is 1. The van der Waals surface area contributed by atoms with Gasteiger partial charge in [-0.25, -0.2) is 14.5 Å². The Kier molecular flexibility index (Phi) is 4.76. The molecule has 2 aliphatic rings. The molecule has 0 aliphatic carbocycles. The number of nitrogens with zero attached hydrogens (tertiary/aromatic N) is 6. The summed E-state index contributed by atoms with van der Waals surface area (Å²) in [6.45, 7) is 3.70. The van der Waals surface area contributed by atoms with Crippen LogP contribution in [0.1, 0.15) is 17.0 Å². The average Bonchev–Trinajstić information content (AvgIpc) is 3.23. The minimum atomic E-state index is -0.786. The van der Waals surface area contributed by atoms with Crippen LogP contribution in [0.3, 0.4) is 0 Å². The molecule has 1 aromatic heterocycles. The van der Waals surface area contributed by atoms with E-state index in [1.54, 1.807) is 11.7 Å². The molecule has 2 unspecified atom stereocenters. The Morgan fingerprint density at radius 1 is 1.17 bits per heavy atom. The predicted molar refractivity (Wildman–Crippen MR) is 108 cm³/mol. The highest BCUT2D eigenvalue weighted by molar-refractivity contribution is 6.05. The van der Waals surface area contributed by atoms with Gasteiger partial charge in [-0.1, -0.05) is 30.3 Å². The van der Waals surface area contributed by atoms with Crippen LogP contribution in [-0.2, 0) is 16.1 Å². The maximum atomic E-state index is 13.3. The zero-order valence-corrected chi connectivity index (χ0v) is 17.0. The molecule has 10 heteroatoms. The summed E-state index contributed by atoms with van der Waals surface area (Å²) in [6, 6.07) is 10.2. The van der Waals surface area contributed by atoms with Crippen LogP contribution < -0.4 is 5.73 Å². The van der Waals surface area contributed by atoms with E-state index < -0.39 is 36.6 Å². The molecule has 156 valence electrons. The lowest BCUT2D eigenvalue weighted by molar-refractivity contribution is -0.140. The molecular formula is C20H23N7O3. The summed E-state index contributed by atoms with van der Waals surface area (Å²) >= 11 is 0. The fraction of sp³-hybridized carbons (Fsp3) is 0.350. The summed E-state index contributed by atoms with van der Waals surface area (Å²) < 4.78 is 1.68. The molecule has 1 fully saturated rings.